The molecule has 160 valence electrons. The number of esters is 1. The number of anilines is 3. The van der Waals surface area contributed by atoms with Crippen molar-refractivity contribution >= 4 is 29.4 Å². The van der Waals surface area contributed by atoms with Gasteiger partial charge in [0.05, 0.1) is 24.0 Å². The molecule has 0 saturated carbocycles. The Bertz CT molecular complexity index is 1190. The molecule has 0 unspecified atom stereocenters. The van der Waals surface area contributed by atoms with Gasteiger partial charge in [-0.25, -0.2) is 27.3 Å². The maximum absolute atomic E-state index is 14.9. The fourth-order valence-electron chi connectivity index (χ4n) is 2.88. The van der Waals surface area contributed by atoms with Gasteiger partial charge >= 0.3 is 5.97 Å². The minimum Gasteiger partial charge on any atom is -0.465 e. The van der Waals surface area contributed by atoms with E-state index in [0.717, 1.165) is 25.3 Å². The lowest BCUT2D eigenvalue weighted by molar-refractivity contribution is 0.0601. The van der Waals surface area contributed by atoms with E-state index < -0.39 is 52.7 Å². The molecule has 31 heavy (non-hydrogen) atoms. The van der Waals surface area contributed by atoms with E-state index in [1.807, 2.05) is 0 Å². The lowest BCUT2D eigenvalue weighted by Gasteiger charge is -2.16. The van der Waals surface area contributed by atoms with Crippen LogP contribution in [0.25, 0.3) is 0 Å². The van der Waals surface area contributed by atoms with Crippen molar-refractivity contribution in [3.63, 3.8) is 0 Å². The Morgan fingerprint density at radius 3 is 2.48 bits per heavy atom. The number of benzene rings is 2. The van der Waals surface area contributed by atoms with Gasteiger partial charge in [0, 0.05) is 18.2 Å². The number of aldehydes is 1. The number of hydrogen-bond acceptors (Lipinski definition) is 6. The highest BCUT2D eigenvalue weighted by Crippen LogP contribution is 2.32. The highest BCUT2D eigenvalue weighted by molar-refractivity contribution is 5.97. The van der Waals surface area contributed by atoms with Crippen molar-refractivity contribution in [1.29, 1.82) is 0 Å². The van der Waals surface area contributed by atoms with Crippen LogP contribution in [-0.4, -0.2) is 24.3 Å². The zero-order valence-corrected chi connectivity index (χ0v) is 16.0. The number of nitrogens with two attached hydrogens (primary N) is 1. The quantitative estimate of drug-likeness (QED) is 0.345. The summed E-state index contributed by atoms with van der Waals surface area (Å²) in [5, 5.41) is 2.32. The molecule has 3 aromatic rings. The minimum atomic E-state index is -1.50. The van der Waals surface area contributed by atoms with Crippen molar-refractivity contribution in [2.24, 2.45) is 0 Å². The van der Waals surface area contributed by atoms with Gasteiger partial charge in [0.25, 0.3) is 0 Å². The molecule has 0 aliphatic carbocycles. The summed E-state index contributed by atoms with van der Waals surface area (Å²) in [5.41, 5.74) is 3.55. The number of methoxy groups -OCH3 is 1. The summed E-state index contributed by atoms with van der Waals surface area (Å²) in [4.78, 5) is 26.5. The molecule has 0 spiro atoms. The molecule has 0 aliphatic rings. The Labute approximate surface area is 173 Å². The molecule has 3 rings (SSSR count). The van der Waals surface area contributed by atoms with Crippen molar-refractivity contribution in [1.82, 2.24) is 4.98 Å². The highest BCUT2D eigenvalue weighted by Gasteiger charge is 2.25. The zero-order chi connectivity index (χ0) is 22.7. The van der Waals surface area contributed by atoms with E-state index >= 15 is 0 Å². The van der Waals surface area contributed by atoms with Crippen LogP contribution in [0, 0.1) is 23.3 Å². The van der Waals surface area contributed by atoms with Crippen molar-refractivity contribution in [3.8, 4) is 0 Å². The number of nitrogens with zero attached hydrogens (tertiary/aromatic N) is 1. The van der Waals surface area contributed by atoms with E-state index in [4.69, 9.17) is 5.73 Å². The third-order valence-corrected chi connectivity index (χ3v) is 4.45. The SMILES string of the molecule is COC(=O)c1cc(Cc2ccnc(N)c2F)c(F)c(F)c1Nc1ccc(C=O)cc1F. The van der Waals surface area contributed by atoms with Crippen LogP contribution in [-0.2, 0) is 11.2 Å². The third kappa shape index (κ3) is 4.32. The van der Waals surface area contributed by atoms with Gasteiger partial charge in [-0.15, -0.1) is 0 Å². The standard InChI is InChI=1S/C21H15F4N3O3/c1-31-21(30)13-8-12(7-11-4-5-27-20(26)17(11)24)16(23)18(25)19(13)28-15-3-2-10(9-29)6-14(15)22/h2-6,8-9,28H,7H2,1H3,(H2,26,27). The fourth-order valence-corrected chi connectivity index (χ4v) is 2.88. The molecule has 0 amide bonds. The Morgan fingerprint density at radius 2 is 1.84 bits per heavy atom. The molecule has 0 aliphatic heterocycles. The molecule has 10 heteroatoms. The third-order valence-electron chi connectivity index (χ3n) is 4.45. The van der Waals surface area contributed by atoms with Crippen LogP contribution < -0.4 is 11.1 Å². The number of rotatable bonds is 6. The van der Waals surface area contributed by atoms with E-state index in [-0.39, 0.29) is 22.4 Å². The molecule has 0 atom stereocenters. The van der Waals surface area contributed by atoms with Crippen molar-refractivity contribution in [2.45, 2.75) is 6.42 Å². The van der Waals surface area contributed by atoms with Crippen molar-refractivity contribution in [2.75, 3.05) is 18.2 Å². The fraction of sp³-hybridized carbons (Fsp3) is 0.0952. The maximum atomic E-state index is 14.9. The Balaban J connectivity index is 2.10. The number of hydrogen-bond donors (Lipinski definition) is 2. The van der Waals surface area contributed by atoms with Crippen LogP contribution in [0.2, 0.25) is 0 Å². The maximum Gasteiger partial charge on any atom is 0.340 e. The topological polar surface area (TPSA) is 94.3 Å². The lowest BCUT2D eigenvalue weighted by Crippen LogP contribution is -2.12. The molecule has 1 aromatic heterocycles. The predicted molar refractivity (Wildman–Crippen MR) is 104 cm³/mol. The van der Waals surface area contributed by atoms with Gasteiger partial charge in [-0.1, -0.05) is 0 Å². The number of halogens is 4. The summed E-state index contributed by atoms with van der Waals surface area (Å²) in [6.45, 7) is 0. The average molecular weight is 433 g/mol. The summed E-state index contributed by atoms with van der Waals surface area (Å²) in [6.07, 6.45) is 1.17. The van der Waals surface area contributed by atoms with Gasteiger partial charge in [-0.3, -0.25) is 4.79 Å². The first-order chi connectivity index (χ1) is 14.8. The second-order valence-electron chi connectivity index (χ2n) is 6.41. The first kappa shape index (κ1) is 21.8. The molecule has 6 nitrogen and oxygen atoms in total. The van der Waals surface area contributed by atoms with Gasteiger partial charge in [-0.2, -0.15) is 0 Å². The van der Waals surface area contributed by atoms with Crippen molar-refractivity contribution < 1.29 is 31.9 Å². The highest BCUT2D eigenvalue weighted by atomic mass is 19.2. The summed E-state index contributed by atoms with van der Waals surface area (Å²) < 4.78 is 62.6. The summed E-state index contributed by atoms with van der Waals surface area (Å²) in [6, 6.07) is 5.46. The number of carbonyl (C=O) groups is 2. The normalized spacial score (nSPS) is 10.6. The lowest BCUT2D eigenvalue weighted by atomic mass is 10.00. The molecule has 0 fully saturated rings. The second-order valence-corrected chi connectivity index (χ2v) is 6.41. The van der Waals surface area contributed by atoms with E-state index in [2.05, 4.69) is 15.0 Å². The largest absolute Gasteiger partial charge is 0.465 e. The first-order valence-electron chi connectivity index (χ1n) is 8.76. The first-order valence-corrected chi connectivity index (χ1v) is 8.76. The molecular formula is C21H15F4N3O3. The number of ether oxygens (including phenoxy) is 1. The van der Waals surface area contributed by atoms with E-state index in [9.17, 15) is 27.2 Å². The van der Waals surface area contributed by atoms with Crippen LogP contribution in [0.3, 0.4) is 0 Å². The Morgan fingerprint density at radius 1 is 1.10 bits per heavy atom. The zero-order valence-electron chi connectivity index (χ0n) is 16.0. The molecule has 3 N–H and O–H groups in total. The molecular weight excluding hydrogens is 418 g/mol. The number of carbonyl (C=O) groups excluding carboxylic acids is 2. The monoisotopic (exact) mass is 433 g/mol. The number of aromatic nitrogens is 1. The van der Waals surface area contributed by atoms with Crippen molar-refractivity contribution in [3.05, 3.63) is 82.1 Å². The smallest absolute Gasteiger partial charge is 0.340 e. The Kier molecular flexibility index (Phi) is 6.19. The van der Waals surface area contributed by atoms with E-state index in [0.29, 0.717) is 6.29 Å². The minimum absolute atomic E-state index is 0.0249. The van der Waals surface area contributed by atoms with Gasteiger partial charge < -0.3 is 15.8 Å². The van der Waals surface area contributed by atoms with Gasteiger partial charge in [-0.05, 0) is 41.5 Å². The van der Waals surface area contributed by atoms with Gasteiger partial charge in [0.1, 0.15) is 12.1 Å². The van der Waals surface area contributed by atoms with E-state index in [1.165, 1.54) is 18.3 Å². The number of nitrogens with one attached hydrogen (secondary N) is 1. The predicted octanol–water partition coefficient (Wildman–Crippen LogP) is 4.15. The molecule has 1 heterocycles. The summed E-state index contributed by atoms with van der Waals surface area (Å²) in [7, 11) is 1.02. The summed E-state index contributed by atoms with van der Waals surface area (Å²) >= 11 is 0. The number of nitrogen functional groups attached to an aromatic ring is 1. The van der Waals surface area contributed by atoms with E-state index in [1.54, 1.807) is 0 Å². The van der Waals surface area contributed by atoms with Crippen LogP contribution in [0.5, 0.6) is 0 Å². The molecule has 0 saturated heterocycles. The van der Waals surface area contributed by atoms with Crippen LogP contribution in [0.1, 0.15) is 31.8 Å². The number of pyridine rings is 1. The Hall–Kier alpha value is -3.95. The molecule has 0 radical (unpaired) electrons. The van der Waals surface area contributed by atoms with Gasteiger partial charge in [0.15, 0.2) is 23.3 Å². The average Bonchev–Trinajstić information content (AvgIpc) is 2.76. The van der Waals surface area contributed by atoms with Crippen LogP contribution >= 0.6 is 0 Å². The molecule has 0 bridgehead atoms. The van der Waals surface area contributed by atoms with Crippen LogP contribution in [0.15, 0.2) is 36.5 Å². The van der Waals surface area contributed by atoms with Crippen LogP contribution in [0.4, 0.5) is 34.8 Å². The molecule has 2 aromatic carbocycles. The van der Waals surface area contributed by atoms with Gasteiger partial charge in [0.2, 0.25) is 0 Å². The summed E-state index contributed by atoms with van der Waals surface area (Å²) in [5.74, 6) is -6.17. The second kappa shape index (κ2) is 8.82.